The second kappa shape index (κ2) is 5.49. The third kappa shape index (κ3) is 1.90. The summed E-state index contributed by atoms with van der Waals surface area (Å²) in [5, 5.41) is 0. The van der Waals surface area contributed by atoms with Gasteiger partial charge in [0.05, 0.1) is 12.0 Å². The van der Waals surface area contributed by atoms with E-state index in [-0.39, 0.29) is 23.5 Å². The molecule has 1 aromatic carbocycles. The van der Waals surface area contributed by atoms with E-state index in [1.807, 2.05) is 13.1 Å². The molecule has 25 heavy (non-hydrogen) atoms. The first-order valence-corrected chi connectivity index (χ1v) is 8.58. The first-order valence-electron chi connectivity index (χ1n) is 13.6. The van der Waals surface area contributed by atoms with Gasteiger partial charge in [-0.25, -0.2) is 0 Å². The van der Waals surface area contributed by atoms with Gasteiger partial charge in [0.1, 0.15) is 12.2 Å². The smallest absolute Gasteiger partial charge is 0.165 e. The predicted octanol–water partition coefficient (Wildman–Crippen LogP) is 2.94. The molecule has 1 saturated heterocycles. The van der Waals surface area contributed by atoms with Gasteiger partial charge in [-0.15, -0.1) is 0 Å². The molecule has 0 saturated carbocycles. The summed E-state index contributed by atoms with van der Waals surface area (Å²) in [4.78, 5) is 2.26. The summed E-state index contributed by atoms with van der Waals surface area (Å²) < 4.78 is 94.4. The van der Waals surface area contributed by atoms with Crippen molar-refractivity contribution in [3.05, 3.63) is 35.4 Å². The van der Waals surface area contributed by atoms with E-state index in [2.05, 4.69) is 4.90 Å². The van der Waals surface area contributed by atoms with E-state index in [0.717, 1.165) is 11.1 Å². The topological polar surface area (TPSA) is 30.9 Å². The largest absolute Gasteiger partial charge is 0.490 e. The van der Waals surface area contributed by atoms with Crippen LogP contribution in [0.1, 0.15) is 45.0 Å². The van der Waals surface area contributed by atoms with Crippen molar-refractivity contribution in [3.8, 4) is 11.5 Å². The molecule has 2 aliphatic heterocycles. The van der Waals surface area contributed by atoms with Crippen LogP contribution in [0.25, 0.3) is 0 Å². The zero-order valence-electron chi connectivity index (χ0n) is 23.9. The lowest BCUT2D eigenvalue weighted by molar-refractivity contribution is -0.0682. The van der Waals surface area contributed by atoms with Gasteiger partial charge in [-0.1, -0.05) is 18.2 Å². The second-order valence-corrected chi connectivity index (χ2v) is 7.31. The van der Waals surface area contributed by atoms with E-state index in [9.17, 15) is 0 Å². The van der Waals surface area contributed by atoms with Crippen LogP contribution in [0.4, 0.5) is 0 Å². The van der Waals surface area contributed by atoms with Crippen molar-refractivity contribution >= 4 is 0 Å². The van der Waals surface area contributed by atoms with Gasteiger partial charge < -0.3 is 19.1 Å². The van der Waals surface area contributed by atoms with Crippen molar-refractivity contribution in [1.29, 1.82) is 0 Å². The van der Waals surface area contributed by atoms with Crippen LogP contribution in [0.2, 0.25) is 0 Å². The summed E-state index contributed by atoms with van der Waals surface area (Å²) in [7, 11) is 2.04. The average Bonchev–Trinajstić information content (AvgIpc) is 3.06. The SMILES string of the molecule is [2H]C([2H])([2H])C([2H])([2H])Oc1ccc2c3c1O[C@H]1[C@@H](OC([2H])([2H])C([2H])([2H])[2H])C=C[C@H]4[C@@H](C2)N(C)CC[C@@]341. The van der Waals surface area contributed by atoms with Gasteiger partial charge in [-0.05, 0) is 51.8 Å². The second-order valence-electron chi connectivity index (χ2n) is 7.31. The van der Waals surface area contributed by atoms with Crippen LogP contribution in [-0.2, 0) is 16.6 Å². The number of hydrogen-bond donors (Lipinski definition) is 0. The molecular weight excluding hydrogens is 314 g/mol. The number of rotatable bonds is 4. The summed E-state index contributed by atoms with van der Waals surface area (Å²) in [5.41, 5.74) is 1.09. The zero-order chi connectivity index (χ0) is 25.8. The van der Waals surface area contributed by atoms with Crippen molar-refractivity contribution < 1.29 is 27.9 Å². The summed E-state index contributed by atoms with van der Waals surface area (Å²) in [6.07, 6.45) is 3.10. The number of piperidine rings is 1. The molecule has 134 valence electrons. The van der Waals surface area contributed by atoms with Crippen LogP contribution in [0.5, 0.6) is 11.5 Å². The molecule has 2 heterocycles. The van der Waals surface area contributed by atoms with Crippen LogP contribution in [0.3, 0.4) is 0 Å². The highest BCUT2D eigenvalue weighted by Crippen LogP contribution is 2.62. The minimum absolute atomic E-state index is 0.0342. The molecule has 1 aromatic rings. The molecule has 1 fully saturated rings. The van der Waals surface area contributed by atoms with E-state index >= 15 is 0 Å². The van der Waals surface area contributed by atoms with Crippen LogP contribution in [0.15, 0.2) is 24.3 Å². The molecular formula is C21H27NO3. The lowest BCUT2D eigenvalue weighted by Gasteiger charge is -2.56. The maximum atomic E-state index is 8.02. The van der Waals surface area contributed by atoms with Gasteiger partial charge in [0, 0.05) is 37.7 Å². The molecule has 0 radical (unpaired) electrons. The van der Waals surface area contributed by atoms with Gasteiger partial charge in [0.2, 0.25) is 0 Å². The van der Waals surface area contributed by atoms with Crippen molar-refractivity contribution in [3.63, 3.8) is 0 Å². The first kappa shape index (κ1) is 8.45. The van der Waals surface area contributed by atoms with Crippen molar-refractivity contribution in [1.82, 2.24) is 4.90 Å². The van der Waals surface area contributed by atoms with Crippen LogP contribution >= 0.6 is 0 Å². The number of likely N-dealkylation sites (N-methyl/N-ethyl adjacent to an activating group) is 1. The monoisotopic (exact) mass is 351 g/mol. The van der Waals surface area contributed by atoms with Crippen molar-refractivity contribution in [2.24, 2.45) is 5.92 Å². The van der Waals surface area contributed by atoms with Crippen LogP contribution in [-0.4, -0.2) is 49.9 Å². The molecule has 5 atom stereocenters. The molecule has 4 aliphatic rings. The number of ether oxygens (including phenoxy) is 3. The Balaban J connectivity index is 1.63. The highest BCUT2D eigenvalue weighted by molar-refractivity contribution is 5.62. The summed E-state index contributed by atoms with van der Waals surface area (Å²) in [6.45, 7) is -11.2. The fourth-order valence-corrected chi connectivity index (χ4v) is 5.51. The summed E-state index contributed by atoms with van der Waals surface area (Å²) in [5.74, 6) is 0.135. The third-order valence-corrected chi connectivity index (χ3v) is 6.47. The number of likely N-dealkylation sites (tertiary alicyclic amines) is 1. The third-order valence-electron chi connectivity index (χ3n) is 6.47. The highest BCUT2D eigenvalue weighted by atomic mass is 16.6. The normalized spacial score (nSPS) is 45.6. The molecule has 5 rings (SSSR count). The zero-order valence-corrected chi connectivity index (χ0v) is 13.9. The fourth-order valence-electron chi connectivity index (χ4n) is 5.51. The lowest BCUT2D eigenvalue weighted by atomic mass is 9.53. The Labute approximate surface area is 163 Å². The van der Waals surface area contributed by atoms with E-state index in [4.69, 9.17) is 27.9 Å². The van der Waals surface area contributed by atoms with Gasteiger partial charge in [0.25, 0.3) is 0 Å². The van der Waals surface area contributed by atoms with Gasteiger partial charge in [-0.2, -0.15) is 0 Å². The quantitative estimate of drug-likeness (QED) is 0.781. The summed E-state index contributed by atoms with van der Waals surface area (Å²) >= 11 is 0. The van der Waals surface area contributed by atoms with Crippen molar-refractivity contribution in [2.75, 3.05) is 26.7 Å². The Morgan fingerprint density at radius 3 is 3.16 bits per heavy atom. The van der Waals surface area contributed by atoms with E-state index in [1.54, 1.807) is 12.1 Å². The number of hydrogen-bond acceptors (Lipinski definition) is 4. The van der Waals surface area contributed by atoms with Crippen molar-refractivity contribution in [2.45, 2.75) is 50.2 Å². The van der Waals surface area contributed by atoms with Crippen LogP contribution in [0, 0.1) is 5.92 Å². The molecule has 2 bridgehead atoms. The molecule has 0 N–H and O–H groups in total. The van der Waals surface area contributed by atoms with E-state index < -0.39 is 44.4 Å². The predicted molar refractivity (Wildman–Crippen MR) is 96.5 cm³/mol. The molecule has 0 unspecified atom stereocenters. The molecule has 4 heteroatoms. The Morgan fingerprint density at radius 2 is 2.28 bits per heavy atom. The highest BCUT2D eigenvalue weighted by Gasteiger charge is 2.64. The van der Waals surface area contributed by atoms with E-state index in [1.165, 1.54) is 6.07 Å². The lowest BCUT2D eigenvalue weighted by Crippen LogP contribution is -2.65. The maximum absolute atomic E-state index is 8.02. The fraction of sp³-hybridized carbons (Fsp3) is 0.619. The average molecular weight is 352 g/mol. The summed E-state index contributed by atoms with van der Waals surface area (Å²) in [6, 6.07) is 3.44. The minimum Gasteiger partial charge on any atom is -0.490 e. The van der Waals surface area contributed by atoms with E-state index in [0.29, 0.717) is 19.4 Å². The molecule has 0 aromatic heterocycles. The van der Waals surface area contributed by atoms with Gasteiger partial charge in [0.15, 0.2) is 11.5 Å². The van der Waals surface area contributed by atoms with Gasteiger partial charge >= 0.3 is 0 Å². The number of benzene rings is 1. The minimum atomic E-state index is -3.04. The Bertz CT molecular complexity index is 1070. The molecule has 4 nitrogen and oxygen atoms in total. The number of nitrogens with zero attached hydrogens (tertiary/aromatic N) is 1. The Morgan fingerprint density at radius 1 is 1.36 bits per heavy atom. The Kier molecular flexibility index (Phi) is 1.85. The Hall–Kier alpha value is -1.52. The standard InChI is InChI=1S/C21H27NO3/c1-4-23-16-8-6-13-12-15-14-7-9-17(24-5-2)20-21(14,10-11-22(15)3)18(13)19(16)25-20/h6-9,14-15,17,20H,4-5,10-12H2,1-3H3/t14-,15+,17-,20-,21-/m0/s1/i1D3,2D3,4D2,5D2. The molecule has 1 spiro atoms. The van der Waals surface area contributed by atoms with Crippen LogP contribution < -0.4 is 9.47 Å². The molecule has 0 amide bonds. The van der Waals surface area contributed by atoms with Gasteiger partial charge in [-0.3, -0.25) is 0 Å². The molecule has 2 aliphatic carbocycles. The first-order chi connectivity index (χ1) is 16.0. The maximum Gasteiger partial charge on any atom is 0.165 e.